The number of rotatable bonds is 6. The standard InChI is InChI=1S/C17H17FN4O4S/c1-17(10-3-5-11(18)6-4-10)14(24)22(16(25)21-17)7-13(23)20-15-19-12(8-26-2)9-27-15/h3-6,9H,7-8H2,1-2H3,(H,21,25)(H,19,20,23). The molecule has 0 bridgehead atoms. The highest BCUT2D eigenvalue weighted by Crippen LogP contribution is 2.29. The average Bonchev–Trinajstić information content (AvgIpc) is 3.14. The number of amides is 4. The minimum absolute atomic E-state index is 0.315. The quantitative estimate of drug-likeness (QED) is 0.731. The Kier molecular flexibility index (Phi) is 5.19. The third-order valence-electron chi connectivity index (χ3n) is 4.09. The second-order valence-electron chi connectivity index (χ2n) is 6.08. The van der Waals surface area contributed by atoms with Crippen molar-refractivity contribution in [2.24, 2.45) is 0 Å². The summed E-state index contributed by atoms with van der Waals surface area (Å²) in [6.07, 6.45) is 0. The van der Waals surface area contributed by atoms with Gasteiger partial charge in [-0.15, -0.1) is 11.3 Å². The summed E-state index contributed by atoms with van der Waals surface area (Å²) in [5.41, 5.74) is -0.274. The van der Waals surface area contributed by atoms with Gasteiger partial charge < -0.3 is 15.4 Å². The predicted octanol–water partition coefficient (Wildman–Crippen LogP) is 1.83. The summed E-state index contributed by atoms with van der Waals surface area (Å²) >= 11 is 1.21. The van der Waals surface area contributed by atoms with Gasteiger partial charge in [0.2, 0.25) is 5.91 Å². The van der Waals surface area contributed by atoms with Gasteiger partial charge >= 0.3 is 6.03 Å². The number of urea groups is 1. The van der Waals surface area contributed by atoms with Gasteiger partial charge in [-0.1, -0.05) is 12.1 Å². The molecule has 2 N–H and O–H groups in total. The largest absolute Gasteiger partial charge is 0.378 e. The molecule has 2 aromatic rings. The van der Waals surface area contributed by atoms with Crippen LogP contribution in [-0.4, -0.2) is 41.4 Å². The fraction of sp³-hybridized carbons (Fsp3) is 0.294. The van der Waals surface area contributed by atoms with Crippen molar-refractivity contribution < 1.29 is 23.5 Å². The first-order chi connectivity index (χ1) is 12.8. The number of imide groups is 1. The Morgan fingerprint density at radius 2 is 2.07 bits per heavy atom. The van der Waals surface area contributed by atoms with Crippen LogP contribution < -0.4 is 10.6 Å². The zero-order valence-corrected chi connectivity index (χ0v) is 15.4. The van der Waals surface area contributed by atoms with Gasteiger partial charge in [-0.05, 0) is 24.6 Å². The van der Waals surface area contributed by atoms with Gasteiger partial charge in [0.15, 0.2) is 5.13 Å². The number of methoxy groups -OCH3 is 1. The van der Waals surface area contributed by atoms with E-state index in [0.29, 0.717) is 23.0 Å². The first-order valence-electron chi connectivity index (χ1n) is 7.97. The topological polar surface area (TPSA) is 101 Å². The van der Waals surface area contributed by atoms with Crippen molar-refractivity contribution in [1.82, 2.24) is 15.2 Å². The molecule has 1 aromatic heterocycles. The number of thiazole rings is 1. The van der Waals surface area contributed by atoms with E-state index >= 15 is 0 Å². The van der Waals surface area contributed by atoms with E-state index in [9.17, 15) is 18.8 Å². The Morgan fingerprint density at radius 3 is 2.74 bits per heavy atom. The van der Waals surface area contributed by atoms with E-state index in [-0.39, 0.29) is 0 Å². The van der Waals surface area contributed by atoms with E-state index in [4.69, 9.17) is 4.74 Å². The van der Waals surface area contributed by atoms with Crippen LogP contribution in [0, 0.1) is 5.82 Å². The molecule has 0 saturated carbocycles. The van der Waals surface area contributed by atoms with Crippen LogP contribution in [-0.2, 0) is 26.5 Å². The first-order valence-corrected chi connectivity index (χ1v) is 8.85. The number of nitrogens with one attached hydrogen (secondary N) is 2. The van der Waals surface area contributed by atoms with Crippen molar-refractivity contribution in [2.45, 2.75) is 19.1 Å². The summed E-state index contributed by atoms with van der Waals surface area (Å²) in [6.45, 7) is 1.37. The molecular formula is C17H17FN4O4S. The number of benzene rings is 1. The molecule has 142 valence electrons. The highest BCUT2D eigenvalue weighted by molar-refractivity contribution is 7.13. The molecule has 1 saturated heterocycles. The van der Waals surface area contributed by atoms with Gasteiger partial charge in [-0.3, -0.25) is 14.5 Å². The van der Waals surface area contributed by atoms with E-state index in [0.717, 1.165) is 4.90 Å². The zero-order chi connectivity index (χ0) is 19.6. The van der Waals surface area contributed by atoms with Crippen LogP contribution in [0.25, 0.3) is 0 Å². The number of ether oxygens (including phenoxy) is 1. The Balaban J connectivity index is 1.69. The maximum Gasteiger partial charge on any atom is 0.325 e. The normalized spacial score (nSPS) is 19.3. The van der Waals surface area contributed by atoms with Crippen LogP contribution in [0.4, 0.5) is 14.3 Å². The Morgan fingerprint density at radius 1 is 1.37 bits per heavy atom. The minimum atomic E-state index is -1.36. The van der Waals surface area contributed by atoms with Gasteiger partial charge in [0.25, 0.3) is 5.91 Å². The van der Waals surface area contributed by atoms with Crippen LogP contribution in [0.15, 0.2) is 29.6 Å². The summed E-state index contributed by atoms with van der Waals surface area (Å²) in [6, 6.07) is 4.56. The summed E-state index contributed by atoms with van der Waals surface area (Å²) < 4.78 is 18.1. The molecule has 1 fully saturated rings. The molecule has 1 aliphatic heterocycles. The summed E-state index contributed by atoms with van der Waals surface area (Å²) in [5.74, 6) is -1.60. The van der Waals surface area contributed by atoms with Crippen molar-refractivity contribution in [2.75, 3.05) is 19.0 Å². The highest BCUT2D eigenvalue weighted by atomic mass is 32.1. The third kappa shape index (κ3) is 3.81. The fourth-order valence-corrected chi connectivity index (χ4v) is 3.41. The maximum absolute atomic E-state index is 13.1. The Hall–Kier alpha value is -2.85. The molecule has 4 amide bonds. The number of carbonyl (C=O) groups is 3. The van der Waals surface area contributed by atoms with Crippen LogP contribution in [0.2, 0.25) is 0 Å². The monoisotopic (exact) mass is 392 g/mol. The fourth-order valence-electron chi connectivity index (χ4n) is 2.70. The second kappa shape index (κ2) is 7.41. The number of aromatic nitrogens is 1. The van der Waals surface area contributed by atoms with Gasteiger partial charge in [0, 0.05) is 12.5 Å². The number of hydrogen-bond acceptors (Lipinski definition) is 6. The molecule has 2 heterocycles. The van der Waals surface area contributed by atoms with Gasteiger partial charge in [-0.25, -0.2) is 14.2 Å². The maximum atomic E-state index is 13.1. The van der Waals surface area contributed by atoms with E-state index in [2.05, 4.69) is 15.6 Å². The van der Waals surface area contributed by atoms with Gasteiger partial charge in [0.1, 0.15) is 17.9 Å². The first kappa shape index (κ1) is 18.9. The van der Waals surface area contributed by atoms with E-state index in [1.807, 2.05) is 0 Å². The third-order valence-corrected chi connectivity index (χ3v) is 4.90. The molecule has 1 unspecified atom stereocenters. The van der Waals surface area contributed by atoms with Crippen LogP contribution in [0.5, 0.6) is 0 Å². The van der Waals surface area contributed by atoms with Crippen molar-refractivity contribution in [3.05, 3.63) is 46.7 Å². The molecule has 1 aliphatic rings. The molecule has 8 nitrogen and oxygen atoms in total. The lowest BCUT2D eigenvalue weighted by Gasteiger charge is -2.22. The Bertz CT molecular complexity index is 885. The molecule has 0 radical (unpaired) electrons. The number of hydrogen-bond donors (Lipinski definition) is 2. The molecule has 1 aromatic carbocycles. The summed E-state index contributed by atoms with van der Waals surface area (Å²) in [4.78, 5) is 42.2. The lowest BCUT2D eigenvalue weighted by molar-refractivity contribution is -0.133. The highest BCUT2D eigenvalue weighted by Gasteiger charge is 2.49. The van der Waals surface area contributed by atoms with Crippen molar-refractivity contribution in [1.29, 1.82) is 0 Å². The summed E-state index contributed by atoms with van der Waals surface area (Å²) in [7, 11) is 1.54. The number of halogens is 1. The minimum Gasteiger partial charge on any atom is -0.378 e. The van der Waals surface area contributed by atoms with Gasteiger partial charge in [-0.2, -0.15) is 0 Å². The Labute approximate surface area is 158 Å². The molecule has 1 atom stereocenters. The zero-order valence-electron chi connectivity index (χ0n) is 14.6. The van der Waals surface area contributed by atoms with Crippen LogP contribution in [0.1, 0.15) is 18.2 Å². The molecule has 0 spiro atoms. The smallest absolute Gasteiger partial charge is 0.325 e. The van der Waals surface area contributed by atoms with Crippen LogP contribution >= 0.6 is 11.3 Å². The molecule has 3 rings (SSSR count). The average molecular weight is 392 g/mol. The lowest BCUT2D eigenvalue weighted by atomic mass is 9.92. The van der Waals surface area contributed by atoms with Crippen molar-refractivity contribution >= 4 is 34.3 Å². The van der Waals surface area contributed by atoms with E-state index in [1.165, 1.54) is 49.6 Å². The molecule has 27 heavy (non-hydrogen) atoms. The SMILES string of the molecule is COCc1csc(NC(=O)CN2C(=O)NC(C)(c3ccc(F)cc3)C2=O)n1. The molecule has 0 aliphatic carbocycles. The predicted molar refractivity (Wildman–Crippen MR) is 95.5 cm³/mol. The van der Waals surface area contributed by atoms with E-state index < -0.39 is 35.7 Å². The van der Waals surface area contributed by atoms with Crippen LogP contribution in [0.3, 0.4) is 0 Å². The number of nitrogens with zero attached hydrogens (tertiary/aromatic N) is 2. The number of carbonyl (C=O) groups excluding carboxylic acids is 3. The molecule has 10 heteroatoms. The number of anilines is 1. The van der Waals surface area contributed by atoms with Crippen molar-refractivity contribution in [3.8, 4) is 0 Å². The molecular weight excluding hydrogens is 375 g/mol. The second-order valence-corrected chi connectivity index (χ2v) is 6.94. The van der Waals surface area contributed by atoms with Crippen molar-refractivity contribution in [3.63, 3.8) is 0 Å². The lowest BCUT2D eigenvalue weighted by Crippen LogP contribution is -2.42. The summed E-state index contributed by atoms with van der Waals surface area (Å²) in [5, 5.41) is 7.20. The van der Waals surface area contributed by atoms with E-state index in [1.54, 1.807) is 5.38 Å². The van der Waals surface area contributed by atoms with Gasteiger partial charge in [0.05, 0.1) is 12.3 Å².